The maximum atomic E-state index is 10.2. The van der Waals surface area contributed by atoms with Gasteiger partial charge in [-0.25, -0.2) is 0 Å². The van der Waals surface area contributed by atoms with E-state index in [1.807, 2.05) is 24.3 Å². The molecule has 0 spiro atoms. The van der Waals surface area contributed by atoms with E-state index in [4.69, 9.17) is 10.5 Å². The van der Waals surface area contributed by atoms with Crippen molar-refractivity contribution >= 4 is 5.69 Å². The van der Waals surface area contributed by atoms with Crippen molar-refractivity contribution in [3.8, 4) is 11.5 Å². The van der Waals surface area contributed by atoms with E-state index in [9.17, 15) is 5.11 Å². The molecule has 0 unspecified atom stereocenters. The molecule has 0 atom stereocenters. The Labute approximate surface area is 124 Å². The molecule has 1 aliphatic heterocycles. The molecule has 0 amide bonds. The van der Waals surface area contributed by atoms with Crippen LogP contribution < -0.4 is 10.5 Å². The molecular weight excluding hydrogens is 264 g/mol. The summed E-state index contributed by atoms with van der Waals surface area (Å²) in [7, 11) is 1.57. The second-order valence-electron chi connectivity index (χ2n) is 5.41. The summed E-state index contributed by atoms with van der Waals surface area (Å²) in [5.74, 6) is 0.757. The molecule has 0 bridgehead atoms. The molecule has 2 aromatic carbocycles. The van der Waals surface area contributed by atoms with Gasteiger partial charge < -0.3 is 15.6 Å². The Balaban J connectivity index is 1.79. The van der Waals surface area contributed by atoms with Gasteiger partial charge >= 0.3 is 0 Å². The van der Waals surface area contributed by atoms with Crippen molar-refractivity contribution in [1.82, 2.24) is 4.90 Å². The number of hydrogen-bond donors (Lipinski definition) is 2. The molecule has 1 heterocycles. The van der Waals surface area contributed by atoms with Crippen LogP contribution in [0.5, 0.6) is 11.5 Å². The molecule has 0 aromatic heterocycles. The zero-order chi connectivity index (χ0) is 14.8. The van der Waals surface area contributed by atoms with Crippen LogP contribution in [-0.2, 0) is 19.5 Å². The number of para-hydroxylation sites is 1. The number of fused-ring (bicyclic) bond motifs is 1. The van der Waals surface area contributed by atoms with Gasteiger partial charge in [0, 0.05) is 30.9 Å². The van der Waals surface area contributed by atoms with Gasteiger partial charge in [-0.05, 0) is 29.7 Å². The summed E-state index contributed by atoms with van der Waals surface area (Å²) < 4.78 is 5.16. The first-order valence-electron chi connectivity index (χ1n) is 7.12. The number of ether oxygens (including phenoxy) is 1. The number of phenols is 1. The topological polar surface area (TPSA) is 58.7 Å². The van der Waals surface area contributed by atoms with Crippen LogP contribution in [0.15, 0.2) is 36.4 Å². The molecule has 1 aliphatic rings. The predicted octanol–water partition coefficient (Wildman–Crippen LogP) is 2.54. The molecular formula is C17H20N2O2. The highest BCUT2D eigenvalue weighted by atomic mass is 16.5. The van der Waals surface area contributed by atoms with Gasteiger partial charge in [0.25, 0.3) is 0 Å². The lowest BCUT2D eigenvalue weighted by atomic mass is 9.97. The lowest BCUT2D eigenvalue weighted by Gasteiger charge is -2.29. The Morgan fingerprint density at radius 1 is 1.24 bits per heavy atom. The molecule has 0 radical (unpaired) electrons. The van der Waals surface area contributed by atoms with E-state index in [2.05, 4.69) is 11.0 Å². The highest BCUT2D eigenvalue weighted by Gasteiger charge is 2.19. The molecule has 0 saturated carbocycles. The summed E-state index contributed by atoms with van der Waals surface area (Å²) in [6.45, 7) is 2.51. The van der Waals surface area contributed by atoms with Crippen molar-refractivity contribution in [2.45, 2.75) is 19.5 Å². The Morgan fingerprint density at radius 3 is 2.86 bits per heavy atom. The maximum absolute atomic E-state index is 10.2. The zero-order valence-electron chi connectivity index (χ0n) is 12.2. The normalized spacial score (nSPS) is 14.7. The molecule has 2 aromatic rings. The zero-order valence-corrected chi connectivity index (χ0v) is 12.2. The van der Waals surface area contributed by atoms with Gasteiger partial charge in [-0.15, -0.1) is 0 Å². The number of nitrogens with zero attached hydrogens (tertiary/aromatic N) is 1. The van der Waals surface area contributed by atoms with Crippen molar-refractivity contribution in [3.63, 3.8) is 0 Å². The Bertz CT molecular complexity index is 655. The largest absolute Gasteiger partial charge is 0.504 e. The number of phenolic OH excluding ortho intramolecular Hbond substituents is 1. The monoisotopic (exact) mass is 284 g/mol. The number of benzene rings is 2. The van der Waals surface area contributed by atoms with Crippen molar-refractivity contribution in [2.75, 3.05) is 19.4 Å². The number of methoxy groups -OCH3 is 1. The standard InChI is InChI=1S/C17H20N2O2/c1-21-16-7-3-5-13(17(16)20)11-19-9-8-14-12(10-19)4-2-6-15(14)18/h2-7,20H,8-11,18H2,1H3. The van der Waals surface area contributed by atoms with Crippen LogP contribution in [0.2, 0.25) is 0 Å². The van der Waals surface area contributed by atoms with E-state index in [0.717, 1.165) is 30.8 Å². The quantitative estimate of drug-likeness (QED) is 0.850. The summed E-state index contributed by atoms with van der Waals surface area (Å²) in [6.07, 6.45) is 0.951. The van der Waals surface area contributed by atoms with E-state index >= 15 is 0 Å². The lowest BCUT2D eigenvalue weighted by molar-refractivity contribution is 0.241. The van der Waals surface area contributed by atoms with Crippen LogP contribution >= 0.6 is 0 Å². The summed E-state index contributed by atoms with van der Waals surface area (Å²) >= 11 is 0. The molecule has 4 heteroatoms. The first-order valence-corrected chi connectivity index (χ1v) is 7.12. The minimum Gasteiger partial charge on any atom is -0.504 e. The Morgan fingerprint density at radius 2 is 2.05 bits per heavy atom. The predicted molar refractivity (Wildman–Crippen MR) is 83.3 cm³/mol. The van der Waals surface area contributed by atoms with E-state index in [1.54, 1.807) is 13.2 Å². The number of aromatic hydroxyl groups is 1. The van der Waals surface area contributed by atoms with Gasteiger partial charge in [-0.1, -0.05) is 24.3 Å². The molecule has 21 heavy (non-hydrogen) atoms. The van der Waals surface area contributed by atoms with Crippen LogP contribution in [0.4, 0.5) is 5.69 Å². The Kier molecular flexibility index (Phi) is 3.71. The van der Waals surface area contributed by atoms with Gasteiger partial charge in [0.2, 0.25) is 0 Å². The van der Waals surface area contributed by atoms with Crippen molar-refractivity contribution in [2.24, 2.45) is 0 Å². The fourth-order valence-corrected chi connectivity index (χ4v) is 2.93. The van der Waals surface area contributed by atoms with Crippen LogP contribution in [-0.4, -0.2) is 23.7 Å². The SMILES string of the molecule is COc1cccc(CN2CCc3c(N)cccc3C2)c1O. The second kappa shape index (κ2) is 5.66. The first-order chi connectivity index (χ1) is 10.2. The van der Waals surface area contributed by atoms with Crippen molar-refractivity contribution < 1.29 is 9.84 Å². The number of anilines is 1. The highest BCUT2D eigenvalue weighted by Crippen LogP contribution is 2.32. The van der Waals surface area contributed by atoms with E-state index in [-0.39, 0.29) is 5.75 Å². The van der Waals surface area contributed by atoms with Crippen molar-refractivity contribution in [1.29, 1.82) is 0 Å². The number of rotatable bonds is 3. The second-order valence-corrected chi connectivity index (χ2v) is 5.41. The van der Waals surface area contributed by atoms with Gasteiger partial charge in [0.05, 0.1) is 7.11 Å². The fourth-order valence-electron chi connectivity index (χ4n) is 2.93. The highest BCUT2D eigenvalue weighted by molar-refractivity contribution is 5.52. The third-order valence-electron chi connectivity index (χ3n) is 4.08. The molecule has 4 nitrogen and oxygen atoms in total. The summed E-state index contributed by atoms with van der Waals surface area (Å²) in [5, 5.41) is 10.2. The first kappa shape index (κ1) is 13.8. The van der Waals surface area contributed by atoms with Gasteiger partial charge in [0.1, 0.15) is 0 Å². The summed E-state index contributed by atoms with van der Waals surface area (Å²) in [4.78, 5) is 2.32. The van der Waals surface area contributed by atoms with Gasteiger partial charge in [-0.2, -0.15) is 0 Å². The summed E-state index contributed by atoms with van der Waals surface area (Å²) in [6, 6.07) is 11.7. The minimum absolute atomic E-state index is 0.235. The third-order valence-corrected chi connectivity index (χ3v) is 4.08. The van der Waals surface area contributed by atoms with E-state index in [0.29, 0.717) is 12.3 Å². The van der Waals surface area contributed by atoms with Crippen LogP contribution in [0.1, 0.15) is 16.7 Å². The lowest BCUT2D eigenvalue weighted by Crippen LogP contribution is -2.30. The van der Waals surface area contributed by atoms with Crippen LogP contribution in [0.3, 0.4) is 0 Å². The average Bonchev–Trinajstić information content (AvgIpc) is 2.49. The number of nitrogens with two attached hydrogens (primary N) is 1. The fraction of sp³-hybridized carbons (Fsp3) is 0.294. The molecule has 110 valence electrons. The molecule has 0 aliphatic carbocycles. The van der Waals surface area contributed by atoms with Gasteiger partial charge in [-0.3, -0.25) is 4.90 Å². The molecule has 3 rings (SSSR count). The summed E-state index contributed by atoms with van der Waals surface area (Å²) in [5.41, 5.74) is 10.4. The molecule has 0 saturated heterocycles. The number of hydrogen-bond acceptors (Lipinski definition) is 4. The molecule has 3 N–H and O–H groups in total. The smallest absolute Gasteiger partial charge is 0.162 e. The maximum Gasteiger partial charge on any atom is 0.162 e. The van der Waals surface area contributed by atoms with E-state index < -0.39 is 0 Å². The third kappa shape index (κ3) is 2.67. The van der Waals surface area contributed by atoms with E-state index in [1.165, 1.54) is 11.1 Å². The van der Waals surface area contributed by atoms with Crippen LogP contribution in [0.25, 0.3) is 0 Å². The Hall–Kier alpha value is -2.20. The number of nitrogen functional groups attached to an aromatic ring is 1. The van der Waals surface area contributed by atoms with Crippen LogP contribution in [0, 0.1) is 0 Å². The van der Waals surface area contributed by atoms with Crippen molar-refractivity contribution in [3.05, 3.63) is 53.1 Å². The van der Waals surface area contributed by atoms with Gasteiger partial charge in [0.15, 0.2) is 11.5 Å². The minimum atomic E-state index is 0.235. The molecule has 0 fully saturated rings. The average molecular weight is 284 g/mol.